The van der Waals surface area contributed by atoms with Gasteiger partial charge in [-0.05, 0) is 55.2 Å². The summed E-state index contributed by atoms with van der Waals surface area (Å²) >= 11 is 0. The second-order valence-corrected chi connectivity index (χ2v) is 12.6. The van der Waals surface area contributed by atoms with Gasteiger partial charge in [-0.2, -0.15) is 4.31 Å². The van der Waals surface area contributed by atoms with Gasteiger partial charge in [-0.1, -0.05) is 56.3 Å². The number of amides is 1. The van der Waals surface area contributed by atoms with Gasteiger partial charge < -0.3 is 25.0 Å². The molecule has 2 atom stereocenters. The van der Waals surface area contributed by atoms with Gasteiger partial charge in [-0.15, -0.1) is 13.2 Å². The quantitative estimate of drug-likeness (QED) is 0.151. The van der Waals surface area contributed by atoms with Crippen LogP contribution >= 0.6 is 0 Å². The molecule has 0 aliphatic carbocycles. The van der Waals surface area contributed by atoms with Crippen LogP contribution in [-0.4, -0.2) is 68.0 Å². The number of sulfonamides is 1. The lowest BCUT2D eigenvalue weighted by Crippen LogP contribution is -2.51. The van der Waals surface area contributed by atoms with Crippen molar-refractivity contribution in [2.24, 2.45) is 5.41 Å². The number of nitrogens with zero attached hydrogens (tertiary/aromatic N) is 1. The van der Waals surface area contributed by atoms with Gasteiger partial charge in [0.15, 0.2) is 0 Å². The Bertz CT molecular complexity index is 1230. The average molecular weight is 589 g/mol. The van der Waals surface area contributed by atoms with E-state index in [4.69, 9.17) is 9.47 Å². The minimum absolute atomic E-state index is 0.0499. The van der Waals surface area contributed by atoms with Crippen LogP contribution in [0.25, 0.3) is 0 Å². The van der Waals surface area contributed by atoms with Gasteiger partial charge in [0.25, 0.3) is 0 Å². The second-order valence-electron chi connectivity index (χ2n) is 10.7. The molecule has 0 radical (unpaired) electrons. The standard InChI is InChI=1S/C31H44N2O7S/c1-6-8-9-13-19-40-28-21-25(39-5)16-17-29(28)41(37,38)33(23-31(3,4)18-7-2)22-27(34)26(32-30(35)36)20-24-14-11-10-12-15-24/h6-7,10-12,14-17,21,26-27,32,34H,1-2,8-9,13,18-20,22-23H2,3-5H3,(H,35,36)/t26-,27+/m0/s1. The highest BCUT2D eigenvalue weighted by Gasteiger charge is 2.36. The Morgan fingerprint density at radius 2 is 1.83 bits per heavy atom. The third-order valence-electron chi connectivity index (χ3n) is 6.59. The van der Waals surface area contributed by atoms with E-state index in [9.17, 15) is 23.4 Å². The number of carboxylic acid groups (broad SMARTS) is 1. The van der Waals surface area contributed by atoms with E-state index < -0.39 is 33.7 Å². The van der Waals surface area contributed by atoms with Crippen LogP contribution in [0.15, 0.2) is 78.7 Å². The number of rotatable bonds is 19. The first-order valence-electron chi connectivity index (χ1n) is 13.7. The molecule has 0 bridgehead atoms. The number of unbranched alkanes of at least 4 members (excludes halogenated alkanes) is 2. The zero-order valence-corrected chi connectivity index (χ0v) is 25.1. The fourth-order valence-corrected chi connectivity index (χ4v) is 6.24. The summed E-state index contributed by atoms with van der Waals surface area (Å²) in [6.07, 6.45) is 3.96. The molecular formula is C31H44N2O7S. The zero-order valence-electron chi connectivity index (χ0n) is 24.3. The largest absolute Gasteiger partial charge is 0.497 e. The van der Waals surface area contributed by atoms with Crippen LogP contribution in [0.1, 0.15) is 45.1 Å². The molecule has 2 aromatic rings. The van der Waals surface area contributed by atoms with Gasteiger partial charge in [0.1, 0.15) is 16.4 Å². The number of hydrogen-bond donors (Lipinski definition) is 3. The first-order valence-corrected chi connectivity index (χ1v) is 15.1. The van der Waals surface area contributed by atoms with Crippen molar-refractivity contribution < 1.29 is 32.9 Å². The SMILES string of the molecule is C=CCCCCOc1cc(OC)ccc1S(=O)(=O)N(C[C@@H](O)[C@H](Cc1ccccc1)NC(=O)O)CC(C)(C)CC=C. The van der Waals surface area contributed by atoms with Crippen LogP contribution < -0.4 is 14.8 Å². The number of aliphatic hydroxyl groups excluding tert-OH is 1. The van der Waals surface area contributed by atoms with E-state index in [0.29, 0.717) is 25.2 Å². The van der Waals surface area contributed by atoms with Crippen molar-refractivity contribution in [2.45, 2.75) is 63.0 Å². The molecule has 0 spiro atoms. The number of hydrogen-bond acceptors (Lipinski definition) is 6. The number of nitrogens with one attached hydrogen (secondary N) is 1. The van der Waals surface area contributed by atoms with Crippen LogP contribution in [0, 0.1) is 5.41 Å². The Balaban J connectivity index is 2.47. The van der Waals surface area contributed by atoms with Crippen molar-refractivity contribution in [3.8, 4) is 11.5 Å². The van der Waals surface area contributed by atoms with E-state index in [2.05, 4.69) is 18.5 Å². The maximum atomic E-state index is 14.2. The van der Waals surface area contributed by atoms with Crippen molar-refractivity contribution >= 4 is 16.1 Å². The minimum Gasteiger partial charge on any atom is -0.497 e. The van der Waals surface area contributed by atoms with Crippen molar-refractivity contribution in [2.75, 3.05) is 26.8 Å². The van der Waals surface area contributed by atoms with E-state index in [1.54, 1.807) is 12.1 Å². The van der Waals surface area contributed by atoms with Crippen molar-refractivity contribution in [1.29, 1.82) is 0 Å². The normalized spacial score (nSPS) is 13.3. The van der Waals surface area contributed by atoms with Crippen LogP contribution in [-0.2, 0) is 16.4 Å². The van der Waals surface area contributed by atoms with Gasteiger partial charge in [0.2, 0.25) is 10.0 Å². The van der Waals surface area contributed by atoms with Crippen molar-refractivity contribution in [3.05, 3.63) is 79.4 Å². The third-order valence-corrected chi connectivity index (χ3v) is 8.44. The van der Waals surface area contributed by atoms with Crippen LogP contribution in [0.2, 0.25) is 0 Å². The molecular weight excluding hydrogens is 544 g/mol. The minimum atomic E-state index is -4.22. The summed E-state index contributed by atoms with van der Waals surface area (Å²) in [6.45, 7) is 11.3. The topological polar surface area (TPSA) is 125 Å². The highest BCUT2D eigenvalue weighted by atomic mass is 32.2. The number of methoxy groups -OCH3 is 1. The Morgan fingerprint density at radius 3 is 2.44 bits per heavy atom. The van der Waals surface area contributed by atoms with E-state index >= 15 is 0 Å². The average Bonchev–Trinajstić information content (AvgIpc) is 2.92. The summed E-state index contributed by atoms with van der Waals surface area (Å²) < 4.78 is 40.9. The van der Waals surface area contributed by atoms with Gasteiger partial charge in [0, 0.05) is 19.2 Å². The van der Waals surface area contributed by atoms with Crippen LogP contribution in [0.3, 0.4) is 0 Å². The monoisotopic (exact) mass is 588 g/mol. The first-order chi connectivity index (χ1) is 19.4. The first kappa shape index (κ1) is 33.9. The van der Waals surface area contributed by atoms with E-state index in [1.165, 1.54) is 23.5 Å². The maximum absolute atomic E-state index is 14.2. The second kappa shape index (κ2) is 16.2. The molecule has 226 valence electrons. The Labute approximate surface area is 244 Å². The molecule has 0 heterocycles. The molecule has 0 saturated carbocycles. The van der Waals surface area contributed by atoms with E-state index in [1.807, 2.05) is 50.3 Å². The summed E-state index contributed by atoms with van der Waals surface area (Å²) in [7, 11) is -2.73. The summed E-state index contributed by atoms with van der Waals surface area (Å²) in [5, 5.41) is 23.1. The number of ether oxygens (including phenoxy) is 2. The van der Waals surface area contributed by atoms with Gasteiger partial charge in [-0.25, -0.2) is 13.2 Å². The molecule has 0 aromatic heterocycles. The summed E-state index contributed by atoms with van der Waals surface area (Å²) in [5.74, 6) is 0.589. The Kier molecular flexibility index (Phi) is 13.4. The fourth-order valence-electron chi connectivity index (χ4n) is 4.48. The van der Waals surface area contributed by atoms with E-state index in [-0.39, 0.29) is 30.2 Å². The highest BCUT2D eigenvalue weighted by molar-refractivity contribution is 7.89. The van der Waals surface area contributed by atoms with Crippen molar-refractivity contribution in [3.63, 3.8) is 0 Å². The van der Waals surface area contributed by atoms with Gasteiger partial charge in [-0.3, -0.25) is 0 Å². The molecule has 2 aromatic carbocycles. The molecule has 10 heteroatoms. The molecule has 3 N–H and O–H groups in total. The van der Waals surface area contributed by atoms with E-state index in [0.717, 1.165) is 18.4 Å². The summed E-state index contributed by atoms with van der Waals surface area (Å²) in [5.41, 5.74) is 0.274. The molecule has 1 amide bonds. The molecule has 9 nitrogen and oxygen atoms in total. The predicted molar refractivity (Wildman–Crippen MR) is 161 cm³/mol. The number of carbonyl (C=O) groups is 1. The predicted octanol–water partition coefficient (Wildman–Crippen LogP) is 5.26. The smallest absolute Gasteiger partial charge is 0.404 e. The Morgan fingerprint density at radius 1 is 1.12 bits per heavy atom. The molecule has 2 rings (SSSR count). The van der Waals surface area contributed by atoms with Crippen molar-refractivity contribution in [1.82, 2.24) is 9.62 Å². The summed E-state index contributed by atoms with van der Waals surface area (Å²) in [6, 6.07) is 12.7. The molecule has 0 aliphatic rings. The maximum Gasteiger partial charge on any atom is 0.404 e. The number of aliphatic hydroxyl groups is 1. The molecule has 0 saturated heterocycles. The van der Waals surface area contributed by atoms with Gasteiger partial charge in [0.05, 0.1) is 25.9 Å². The zero-order chi connectivity index (χ0) is 30.5. The van der Waals surface area contributed by atoms with Gasteiger partial charge >= 0.3 is 6.09 Å². The summed E-state index contributed by atoms with van der Waals surface area (Å²) in [4.78, 5) is 11.5. The third kappa shape index (κ3) is 10.9. The number of allylic oxidation sites excluding steroid dienone is 2. The molecule has 41 heavy (non-hydrogen) atoms. The lowest BCUT2D eigenvalue weighted by atomic mass is 9.89. The Hall–Kier alpha value is -3.34. The molecule has 0 aliphatic heterocycles. The molecule has 0 fully saturated rings. The molecule has 0 unspecified atom stereocenters. The lowest BCUT2D eigenvalue weighted by Gasteiger charge is -2.34. The fraction of sp³-hybridized carbons (Fsp3) is 0.452. The number of benzene rings is 2. The van der Waals surface area contributed by atoms with Crippen LogP contribution in [0.4, 0.5) is 4.79 Å². The highest BCUT2D eigenvalue weighted by Crippen LogP contribution is 2.34. The lowest BCUT2D eigenvalue weighted by molar-refractivity contribution is 0.0918. The van der Waals surface area contributed by atoms with Crippen LogP contribution in [0.5, 0.6) is 11.5 Å².